The molecule has 1 rings (SSSR count). The molecule has 0 saturated carbocycles. The summed E-state index contributed by atoms with van der Waals surface area (Å²) in [4.78, 5) is 10.2. The molecule has 0 unspecified atom stereocenters. The van der Waals surface area contributed by atoms with Gasteiger partial charge in [-0.1, -0.05) is 40.2 Å². The quantitative estimate of drug-likeness (QED) is 0.652. The first-order valence-electron chi connectivity index (χ1n) is 3.78. The van der Waals surface area contributed by atoms with E-state index < -0.39 is 5.97 Å². The molecule has 68 valence electrons. The SMILES string of the molecule is O=C(O)/C=C/c1ccc(CBr)cc1. The lowest BCUT2D eigenvalue weighted by molar-refractivity contribution is -0.131. The minimum atomic E-state index is -0.926. The molecule has 13 heavy (non-hydrogen) atoms. The van der Waals surface area contributed by atoms with Crippen molar-refractivity contribution in [2.24, 2.45) is 0 Å². The number of hydrogen-bond acceptors (Lipinski definition) is 1. The summed E-state index contributed by atoms with van der Waals surface area (Å²) in [7, 11) is 0. The zero-order valence-corrected chi connectivity index (χ0v) is 8.49. The number of rotatable bonds is 3. The number of aliphatic carboxylic acids is 1. The summed E-state index contributed by atoms with van der Waals surface area (Å²) >= 11 is 3.33. The van der Waals surface area contributed by atoms with E-state index >= 15 is 0 Å². The molecular weight excluding hydrogens is 232 g/mol. The van der Waals surface area contributed by atoms with Crippen LogP contribution in [0.3, 0.4) is 0 Å². The second-order valence-electron chi connectivity index (χ2n) is 2.55. The van der Waals surface area contributed by atoms with E-state index in [0.29, 0.717) is 0 Å². The number of alkyl halides is 1. The van der Waals surface area contributed by atoms with Gasteiger partial charge in [0.05, 0.1) is 0 Å². The van der Waals surface area contributed by atoms with Gasteiger partial charge in [-0.05, 0) is 17.2 Å². The number of benzene rings is 1. The topological polar surface area (TPSA) is 37.3 Å². The largest absolute Gasteiger partial charge is 0.478 e. The molecule has 3 heteroatoms. The summed E-state index contributed by atoms with van der Waals surface area (Å²) in [6.45, 7) is 0. The van der Waals surface area contributed by atoms with Crippen molar-refractivity contribution in [2.45, 2.75) is 5.33 Å². The monoisotopic (exact) mass is 240 g/mol. The fraction of sp³-hybridized carbons (Fsp3) is 0.100. The first-order chi connectivity index (χ1) is 6.22. The second-order valence-corrected chi connectivity index (χ2v) is 3.11. The number of carbonyl (C=O) groups is 1. The third-order valence-corrected chi connectivity index (χ3v) is 2.20. The summed E-state index contributed by atoms with van der Waals surface area (Å²) in [5.41, 5.74) is 2.07. The lowest BCUT2D eigenvalue weighted by Crippen LogP contribution is -1.85. The molecule has 0 saturated heterocycles. The van der Waals surface area contributed by atoms with Gasteiger partial charge in [-0.2, -0.15) is 0 Å². The predicted octanol–water partition coefficient (Wildman–Crippen LogP) is 2.68. The first kappa shape index (κ1) is 9.99. The molecule has 0 aliphatic carbocycles. The van der Waals surface area contributed by atoms with Crippen molar-refractivity contribution in [3.8, 4) is 0 Å². The van der Waals surface area contributed by atoms with Gasteiger partial charge in [0.2, 0.25) is 0 Å². The Bertz CT molecular complexity index is 314. The molecule has 1 aromatic rings. The normalized spacial score (nSPS) is 10.5. The van der Waals surface area contributed by atoms with Gasteiger partial charge >= 0.3 is 5.97 Å². The van der Waals surface area contributed by atoms with E-state index in [1.54, 1.807) is 6.08 Å². The van der Waals surface area contributed by atoms with Gasteiger partial charge in [0.15, 0.2) is 0 Å². The summed E-state index contributed by atoms with van der Waals surface area (Å²) in [5.74, 6) is -0.926. The highest BCUT2D eigenvalue weighted by atomic mass is 79.9. The number of hydrogen-bond donors (Lipinski definition) is 1. The van der Waals surface area contributed by atoms with E-state index in [2.05, 4.69) is 15.9 Å². The van der Waals surface area contributed by atoms with Gasteiger partial charge in [-0.15, -0.1) is 0 Å². The molecule has 0 fully saturated rings. The Kier molecular flexibility index (Phi) is 3.71. The van der Waals surface area contributed by atoms with Crippen molar-refractivity contribution < 1.29 is 9.90 Å². The van der Waals surface area contributed by atoms with Crippen molar-refractivity contribution in [2.75, 3.05) is 0 Å². The molecular formula is C10H9BrO2. The zero-order valence-electron chi connectivity index (χ0n) is 6.90. The van der Waals surface area contributed by atoms with Crippen molar-refractivity contribution >= 4 is 28.0 Å². The van der Waals surface area contributed by atoms with Crippen LogP contribution in [0.15, 0.2) is 30.3 Å². The minimum Gasteiger partial charge on any atom is -0.478 e. The fourth-order valence-corrected chi connectivity index (χ4v) is 1.26. The van der Waals surface area contributed by atoms with E-state index in [1.807, 2.05) is 24.3 Å². The standard InChI is InChI=1S/C10H9BrO2/c11-7-9-3-1-8(2-4-9)5-6-10(12)13/h1-6H,7H2,(H,12,13)/b6-5+. The van der Waals surface area contributed by atoms with E-state index in [4.69, 9.17) is 5.11 Å². The van der Waals surface area contributed by atoms with Crippen LogP contribution in [-0.4, -0.2) is 11.1 Å². The smallest absolute Gasteiger partial charge is 0.328 e. The van der Waals surface area contributed by atoms with Crippen LogP contribution in [-0.2, 0) is 10.1 Å². The molecule has 0 aliphatic rings. The maximum Gasteiger partial charge on any atom is 0.328 e. The lowest BCUT2D eigenvalue weighted by atomic mass is 10.1. The Hall–Kier alpha value is -1.09. The van der Waals surface area contributed by atoms with E-state index in [0.717, 1.165) is 17.0 Å². The third kappa shape index (κ3) is 3.42. The molecule has 0 aromatic heterocycles. The number of carboxylic acid groups (broad SMARTS) is 1. The van der Waals surface area contributed by atoms with Crippen LogP contribution in [0.1, 0.15) is 11.1 Å². The summed E-state index contributed by atoms with van der Waals surface area (Å²) < 4.78 is 0. The Labute approximate surface area is 85.0 Å². The average Bonchev–Trinajstić information content (AvgIpc) is 2.15. The summed E-state index contributed by atoms with van der Waals surface area (Å²) in [6, 6.07) is 7.68. The Morgan fingerprint density at radius 1 is 1.38 bits per heavy atom. The van der Waals surface area contributed by atoms with Gasteiger partial charge in [0.25, 0.3) is 0 Å². The van der Waals surface area contributed by atoms with Gasteiger partial charge in [0.1, 0.15) is 0 Å². The molecule has 1 N–H and O–H groups in total. The van der Waals surface area contributed by atoms with Crippen LogP contribution < -0.4 is 0 Å². The second kappa shape index (κ2) is 4.82. The molecule has 1 aromatic carbocycles. The Balaban J connectivity index is 2.75. The zero-order chi connectivity index (χ0) is 9.68. The highest BCUT2D eigenvalue weighted by molar-refractivity contribution is 9.08. The van der Waals surface area contributed by atoms with Crippen LogP contribution >= 0.6 is 15.9 Å². The van der Waals surface area contributed by atoms with Crippen LogP contribution in [0, 0.1) is 0 Å². The van der Waals surface area contributed by atoms with Crippen LogP contribution in [0.4, 0.5) is 0 Å². The Morgan fingerprint density at radius 2 is 2.00 bits per heavy atom. The highest BCUT2D eigenvalue weighted by Gasteiger charge is 1.90. The van der Waals surface area contributed by atoms with E-state index in [9.17, 15) is 4.79 Å². The van der Waals surface area contributed by atoms with E-state index in [-0.39, 0.29) is 0 Å². The number of carboxylic acids is 1. The Morgan fingerprint density at radius 3 is 2.46 bits per heavy atom. The fourth-order valence-electron chi connectivity index (χ4n) is 0.885. The number of halogens is 1. The molecule has 0 radical (unpaired) electrons. The molecule has 0 heterocycles. The average molecular weight is 241 g/mol. The van der Waals surface area contributed by atoms with Crippen LogP contribution in [0.25, 0.3) is 6.08 Å². The molecule has 0 atom stereocenters. The van der Waals surface area contributed by atoms with Crippen LogP contribution in [0.5, 0.6) is 0 Å². The first-order valence-corrected chi connectivity index (χ1v) is 4.90. The summed E-state index contributed by atoms with van der Waals surface area (Å²) in [5, 5.41) is 9.20. The van der Waals surface area contributed by atoms with Gasteiger partial charge in [0, 0.05) is 11.4 Å². The van der Waals surface area contributed by atoms with Gasteiger partial charge in [-0.25, -0.2) is 4.79 Å². The van der Waals surface area contributed by atoms with Crippen LogP contribution in [0.2, 0.25) is 0 Å². The molecule has 0 amide bonds. The highest BCUT2D eigenvalue weighted by Crippen LogP contribution is 2.08. The predicted molar refractivity (Wildman–Crippen MR) is 55.7 cm³/mol. The van der Waals surface area contributed by atoms with Crippen molar-refractivity contribution in [3.63, 3.8) is 0 Å². The molecule has 0 aliphatic heterocycles. The minimum absolute atomic E-state index is 0.815. The summed E-state index contributed by atoms with van der Waals surface area (Å²) in [6.07, 6.45) is 2.70. The van der Waals surface area contributed by atoms with Crippen molar-refractivity contribution in [1.29, 1.82) is 0 Å². The molecule has 0 spiro atoms. The maximum absolute atomic E-state index is 10.2. The molecule has 0 bridgehead atoms. The van der Waals surface area contributed by atoms with Crippen molar-refractivity contribution in [3.05, 3.63) is 41.5 Å². The van der Waals surface area contributed by atoms with E-state index in [1.165, 1.54) is 5.56 Å². The lowest BCUT2D eigenvalue weighted by Gasteiger charge is -1.95. The van der Waals surface area contributed by atoms with Gasteiger partial charge in [-0.3, -0.25) is 0 Å². The third-order valence-electron chi connectivity index (χ3n) is 1.55. The van der Waals surface area contributed by atoms with Crippen molar-refractivity contribution in [1.82, 2.24) is 0 Å². The maximum atomic E-state index is 10.2. The molecule has 2 nitrogen and oxygen atoms in total. The van der Waals surface area contributed by atoms with Gasteiger partial charge < -0.3 is 5.11 Å².